The number of pyridine rings is 1. The highest BCUT2D eigenvalue weighted by molar-refractivity contribution is 9.10. The normalized spacial score (nSPS) is 10.1. The van der Waals surface area contributed by atoms with Crippen LogP contribution in [0.1, 0.15) is 0 Å². The van der Waals surface area contributed by atoms with E-state index in [2.05, 4.69) is 20.9 Å². The number of nitrogens with two attached hydrogens (primary N) is 1. The van der Waals surface area contributed by atoms with Gasteiger partial charge in [0, 0.05) is 6.07 Å². The van der Waals surface area contributed by atoms with Crippen LogP contribution in [0.15, 0.2) is 40.9 Å². The van der Waals surface area contributed by atoms with Crippen molar-refractivity contribution in [3.63, 3.8) is 0 Å². The molecule has 0 unspecified atom stereocenters. The lowest BCUT2D eigenvalue weighted by molar-refractivity contribution is -0.386. The van der Waals surface area contributed by atoms with Crippen molar-refractivity contribution in [2.75, 3.05) is 5.73 Å². The second-order valence-corrected chi connectivity index (χ2v) is 4.20. The molecule has 0 amide bonds. The number of halogens is 1. The number of ether oxygens (including phenoxy) is 1. The summed E-state index contributed by atoms with van der Waals surface area (Å²) in [7, 11) is 0. The summed E-state index contributed by atoms with van der Waals surface area (Å²) in [6.45, 7) is 0. The molecule has 6 nitrogen and oxygen atoms in total. The molecule has 0 spiro atoms. The largest absolute Gasteiger partial charge is 0.432 e. The molecule has 0 saturated carbocycles. The summed E-state index contributed by atoms with van der Waals surface area (Å²) >= 11 is 3.28. The number of aromatic nitrogens is 1. The molecule has 0 saturated heterocycles. The summed E-state index contributed by atoms with van der Waals surface area (Å²) in [6, 6.07) is 9.59. The molecular formula is C11H8BrN3O3. The van der Waals surface area contributed by atoms with Crippen molar-refractivity contribution in [1.82, 2.24) is 4.98 Å². The summed E-state index contributed by atoms with van der Waals surface area (Å²) in [4.78, 5) is 14.1. The molecule has 1 aromatic heterocycles. The van der Waals surface area contributed by atoms with Gasteiger partial charge >= 0.3 is 11.6 Å². The number of nitro groups is 1. The molecule has 2 aromatic rings. The second kappa shape index (κ2) is 5.01. The lowest BCUT2D eigenvalue weighted by atomic mass is 10.3. The van der Waals surface area contributed by atoms with Crippen LogP contribution in [-0.4, -0.2) is 9.91 Å². The molecule has 0 atom stereocenters. The van der Waals surface area contributed by atoms with Crippen molar-refractivity contribution in [2.24, 2.45) is 0 Å². The third-order valence-corrected chi connectivity index (χ3v) is 2.76. The minimum Gasteiger partial charge on any atom is -0.432 e. The quantitative estimate of drug-likeness (QED) is 0.694. The predicted molar refractivity (Wildman–Crippen MR) is 69.5 cm³/mol. The van der Waals surface area contributed by atoms with Crippen LogP contribution in [-0.2, 0) is 0 Å². The Labute approximate surface area is 111 Å². The van der Waals surface area contributed by atoms with E-state index in [1.54, 1.807) is 24.3 Å². The minimum absolute atomic E-state index is 0.132. The van der Waals surface area contributed by atoms with E-state index in [1.165, 1.54) is 12.1 Å². The van der Waals surface area contributed by atoms with Crippen LogP contribution in [0.4, 0.5) is 11.5 Å². The Kier molecular flexibility index (Phi) is 3.42. The number of anilines is 1. The first-order valence-electron chi connectivity index (χ1n) is 4.91. The van der Waals surface area contributed by atoms with Crippen LogP contribution >= 0.6 is 15.9 Å². The van der Waals surface area contributed by atoms with E-state index < -0.39 is 4.92 Å². The Morgan fingerprint density at radius 1 is 1.28 bits per heavy atom. The van der Waals surface area contributed by atoms with Crippen molar-refractivity contribution >= 4 is 27.4 Å². The Morgan fingerprint density at radius 3 is 2.67 bits per heavy atom. The summed E-state index contributed by atoms with van der Waals surface area (Å²) in [5.41, 5.74) is 5.26. The molecule has 0 bridgehead atoms. The van der Waals surface area contributed by atoms with Crippen molar-refractivity contribution < 1.29 is 9.66 Å². The molecule has 1 aromatic carbocycles. The number of hydrogen-bond donors (Lipinski definition) is 1. The van der Waals surface area contributed by atoms with Gasteiger partial charge in [-0.3, -0.25) is 10.1 Å². The first-order valence-corrected chi connectivity index (χ1v) is 5.70. The van der Waals surface area contributed by atoms with Gasteiger partial charge in [-0.05, 0) is 34.1 Å². The van der Waals surface area contributed by atoms with E-state index in [9.17, 15) is 10.1 Å². The fraction of sp³-hybridized carbons (Fsp3) is 0. The predicted octanol–water partition coefficient (Wildman–Crippen LogP) is 3.13. The molecule has 0 radical (unpaired) electrons. The molecule has 0 fully saturated rings. The van der Waals surface area contributed by atoms with Crippen LogP contribution in [0.5, 0.6) is 11.6 Å². The summed E-state index contributed by atoms with van der Waals surface area (Å²) in [5, 5.41) is 10.8. The van der Waals surface area contributed by atoms with E-state index >= 15 is 0 Å². The van der Waals surface area contributed by atoms with E-state index in [-0.39, 0.29) is 17.4 Å². The summed E-state index contributed by atoms with van der Waals surface area (Å²) in [5.74, 6) is 0.452. The lowest BCUT2D eigenvalue weighted by Crippen LogP contribution is -1.99. The van der Waals surface area contributed by atoms with Crippen LogP contribution in [0.25, 0.3) is 0 Å². The molecule has 7 heteroatoms. The van der Waals surface area contributed by atoms with Gasteiger partial charge in [-0.1, -0.05) is 12.1 Å². The van der Waals surface area contributed by atoms with Crippen molar-refractivity contribution in [2.45, 2.75) is 0 Å². The van der Waals surface area contributed by atoms with Gasteiger partial charge in [0.05, 0.1) is 9.40 Å². The first kappa shape index (κ1) is 12.3. The molecular weight excluding hydrogens is 302 g/mol. The van der Waals surface area contributed by atoms with Gasteiger partial charge in [0.15, 0.2) is 0 Å². The molecule has 1 heterocycles. The van der Waals surface area contributed by atoms with Gasteiger partial charge in [0.1, 0.15) is 11.6 Å². The smallest absolute Gasteiger partial charge is 0.331 e. The number of para-hydroxylation sites is 1. The van der Waals surface area contributed by atoms with Gasteiger partial charge in [-0.25, -0.2) is 0 Å². The average molecular weight is 310 g/mol. The Hall–Kier alpha value is -2.15. The first-order chi connectivity index (χ1) is 8.58. The van der Waals surface area contributed by atoms with Gasteiger partial charge in [0.25, 0.3) is 0 Å². The van der Waals surface area contributed by atoms with Crippen molar-refractivity contribution in [3.8, 4) is 11.6 Å². The maximum absolute atomic E-state index is 10.8. The zero-order valence-corrected chi connectivity index (χ0v) is 10.6. The highest BCUT2D eigenvalue weighted by atomic mass is 79.9. The topological polar surface area (TPSA) is 91.3 Å². The fourth-order valence-electron chi connectivity index (χ4n) is 1.29. The summed E-state index contributed by atoms with van der Waals surface area (Å²) in [6.07, 6.45) is 0. The summed E-state index contributed by atoms with van der Waals surface area (Å²) < 4.78 is 6.07. The Bertz CT molecular complexity index is 604. The Balaban J connectivity index is 2.42. The number of nitrogen functional groups attached to an aromatic ring is 1. The van der Waals surface area contributed by atoms with E-state index in [0.29, 0.717) is 10.2 Å². The second-order valence-electron chi connectivity index (χ2n) is 3.35. The van der Waals surface area contributed by atoms with E-state index in [0.717, 1.165) is 0 Å². The average Bonchev–Trinajstić information content (AvgIpc) is 2.32. The molecule has 2 N–H and O–H groups in total. The van der Waals surface area contributed by atoms with Crippen LogP contribution < -0.4 is 10.5 Å². The number of rotatable bonds is 3. The fourth-order valence-corrected chi connectivity index (χ4v) is 1.66. The van der Waals surface area contributed by atoms with Gasteiger partial charge in [0.2, 0.25) is 0 Å². The van der Waals surface area contributed by atoms with Gasteiger partial charge in [-0.15, -0.1) is 0 Å². The third-order valence-electron chi connectivity index (χ3n) is 2.10. The monoisotopic (exact) mass is 309 g/mol. The van der Waals surface area contributed by atoms with Crippen LogP contribution in [0.2, 0.25) is 0 Å². The number of hydrogen-bond acceptors (Lipinski definition) is 5. The SMILES string of the molecule is Nc1ccc([N+](=O)[O-])c(Oc2ccccc2Br)n1. The van der Waals surface area contributed by atoms with E-state index in [4.69, 9.17) is 10.5 Å². The van der Waals surface area contributed by atoms with Gasteiger partial charge in [-0.2, -0.15) is 4.98 Å². The molecule has 18 heavy (non-hydrogen) atoms. The highest BCUT2D eigenvalue weighted by Crippen LogP contribution is 2.33. The maximum atomic E-state index is 10.8. The molecule has 0 aliphatic rings. The minimum atomic E-state index is -0.571. The third kappa shape index (κ3) is 2.57. The molecule has 0 aliphatic heterocycles. The highest BCUT2D eigenvalue weighted by Gasteiger charge is 2.18. The van der Waals surface area contributed by atoms with Crippen molar-refractivity contribution in [3.05, 3.63) is 51.0 Å². The number of benzene rings is 1. The number of nitrogens with zero attached hydrogens (tertiary/aromatic N) is 2. The molecule has 2 rings (SSSR count). The zero-order valence-electron chi connectivity index (χ0n) is 9.04. The molecule has 0 aliphatic carbocycles. The van der Waals surface area contributed by atoms with E-state index in [1.807, 2.05) is 0 Å². The lowest BCUT2D eigenvalue weighted by Gasteiger charge is -2.07. The van der Waals surface area contributed by atoms with Gasteiger partial charge < -0.3 is 10.5 Å². The van der Waals surface area contributed by atoms with Crippen LogP contribution in [0, 0.1) is 10.1 Å². The Morgan fingerprint density at radius 2 is 2.00 bits per heavy atom. The van der Waals surface area contributed by atoms with Crippen molar-refractivity contribution in [1.29, 1.82) is 0 Å². The molecule has 92 valence electrons. The maximum Gasteiger partial charge on any atom is 0.331 e. The van der Waals surface area contributed by atoms with Crippen LogP contribution in [0.3, 0.4) is 0 Å². The zero-order chi connectivity index (χ0) is 13.1. The standard InChI is InChI=1S/C11H8BrN3O3/c12-7-3-1-2-4-9(7)18-11-8(15(16)17)5-6-10(13)14-11/h1-6H,(H2,13,14).